The molecule has 2 aromatic rings. The Bertz CT molecular complexity index is 1090. The Morgan fingerprint density at radius 2 is 1.83 bits per heavy atom. The van der Waals surface area contributed by atoms with E-state index in [1.807, 2.05) is 19.1 Å². The Morgan fingerprint density at radius 3 is 2.57 bits per heavy atom. The molecule has 1 N–H and O–H groups in total. The first kappa shape index (κ1) is 20.6. The van der Waals surface area contributed by atoms with Gasteiger partial charge in [-0.15, -0.1) is 0 Å². The normalized spacial score (nSPS) is 18.8. The van der Waals surface area contributed by atoms with Gasteiger partial charge in [-0.05, 0) is 42.8 Å². The monoisotopic (exact) mass is 452 g/mol. The number of carbonyl (C=O) groups excluding carboxylic acids is 1. The van der Waals surface area contributed by atoms with E-state index in [1.54, 1.807) is 18.2 Å². The van der Waals surface area contributed by atoms with E-state index in [-0.39, 0.29) is 18.3 Å². The third kappa shape index (κ3) is 4.13. The van der Waals surface area contributed by atoms with E-state index in [9.17, 15) is 13.2 Å². The Labute approximate surface area is 179 Å². The van der Waals surface area contributed by atoms with Crippen LogP contribution in [0.3, 0.4) is 0 Å². The van der Waals surface area contributed by atoms with Crippen molar-refractivity contribution in [1.29, 1.82) is 0 Å². The van der Waals surface area contributed by atoms with E-state index in [0.29, 0.717) is 35.4 Å². The summed E-state index contributed by atoms with van der Waals surface area (Å²) in [6.07, 6.45) is 0.0727. The SMILES string of the molecule is C[C@@H](NC(=O)[C@H]1CN(S(C)(=O)=O)c2cc(Cl)ccc2O1)c1ccc2c(c1)OCCO2. The fourth-order valence-electron chi connectivity index (χ4n) is 3.39. The lowest BCUT2D eigenvalue weighted by molar-refractivity contribution is -0.128. The van der Waals surface area contributed by atoms with E-state index < -0.39 is 22.0 Å². The number of carbonyl (C=O) groups is 1. The lowest BCUT2D eigenvalue weighted by Crippen LogP contribution is -2.50. The molecule has 10 heteroatoms. The second-order valence-corrected chi connectivity index (χ2v) is 9.49. The molecule has 4 rings (SSSR count). The first-order valence-corrected chi connectivity index (χ1v) is 11.6. The van der Waals surface area contributed by atoms with Gasteiger partial charge in [0, 0.05) is 5.02 Å². The molecule has 2 heterocycles. The minimum Gasteiger partial charge on any atom is -0.486 e. The quantitative estimate of drug-likeness (QED) is 0.766. The van der Waals surface area contributed by atoms with Crippen LogP contribution in [0.2, 0.25) is 5.02 Å². The molecule has 2 atom stereocenters. The molecule has 0 bridgehead atoms. The number of hydrogen-bond acceptors (Lipinski definition) is 6. The van der Waals surface area contributed by atoms with Crippen LogP contribution < -0.4 is 23.8 Å². The standard InChI is InChI=1S/C20H21ClN2O6S/c1-12(13-3-5-17-18(9-13)28-8-7-27-17)22-20(24)19-11-23(30(2,25)26)15-10-14(21)4-6-16(15)29-19/h3-6,9-10,12,19H,7-8,11H2,1-2H3,(H,22,24)/t12-,19-/m1/s1. The van der Waals surface area contributed by atoms with Crippen LogP contribution in [0.4, 0.5) is 5.69 Å². The average molecular weight is 453 g/mol. The summed E-state index contributed by atoms with van der Waals surface area (Å²) in [6, 6.07) is 9.76. The van der Waals surface area contributed by atoms with Crippen LogP contribution in [0.25, 0.3) is 0 Å². The zero-order valence-electron chi connectivity index (χ0n) is 16.4. The summed E-state index contributed by atoms with van der Waals surface area (Å²) in [6.45, 7) is 2.65. The minimum atomic E-state index is -3.63. The molecule has 0 radical (unpaired) electrons. The van der Waals surface area contributed by atoms with Crippen molar-refractivity contribution in [2.45, 2.75) is 19.1 Å². The van der Waals surface area contributed by atoms with Gasteiger partial charge in [0.25, 0.3) is 5.91 Å². The molecule has 2 aromatic carbocycles. The molecule has 160 valence electrons. The van der Waals surface area contributed by atoms with Crippen molar-refractivity contribution in [3.05, 3.63) is 47.0 Å². The van der Waals surface area contributed by atoms with Crippen molar-refractivity contribution in [2.24, 2.45) is 0 Å². The van der Waals surface area contributed by atoms with Crippen LogP contribution in [0.1, 0.15) is 18.5 Å². The molecule has 0 spiro atoms. The van der Waals surface area contributed by atoms with Crippen LogP contribution in [-0.4, -0.2) is 46.4 Å². The van der Waals surface area contributed by atoms with E-state index in [1.165, 1.54) is 6.07 Å². The number of fused-ring (bicyclic) bond motifs is 2. The van der Waals surface area contributed by atoms with Gasteiger partial charge in [0.1, 0.15) is 19.0 Å². The van der Waals surface area contributed by atoms with Crippen molar-refractivity contribution in [3.63, 3.8) is 0 Å². The van der Waals surface area contributed by atoms with Gasteiger partial charge in [0.2, 0.25) is 10.0 Å². The molecular formula is C20H21ClN2O6S. The second kappa shape index (κ2) is 7.88. The second-order valence-electron chi connectivity index (χ2n) is 7.15. The van der Waals surface area contributed by atoms with E-state index in [4.69, 9.17) is 25.8 Å². The van der Waals surface area contributed by atoms with Gasteiger partial charge >= 0.3 is 0 Å². The third-order valence-corrected chi connectivity index (χ3v) is 6.29. The van der Waals surface area contributed by atoms with Crippen LogP contribution in [0.5, 0.6) is 17.2 Å². The van der Waals surface area contributed by atoms with E-state index in [0.717, 1.165) is 16.1 Å². The number of nitrogens with zero attached hydrogens (tertiary/aromatic N) is 1. The maximum Gasteiger partial charge on any atom is 0.263 e. The summed E-state index contributed by atoms with van der Waals surface area (Å²) in [7, 11) is -3.63. The fraction of sp³-hybridized carbons (Fsp3) is 0.350. The minimum absolute atomic E-state index is 0.147. The molecule has 0 saturated heterocycles. The molecule has 0 fully saturated rings. The van der Waals surface area contributed by atoms with Gasteiger partial charge in [0.15, 0.2) is 17.6 Å². The number of amides is 1. The average Bonchev–Trinajstić information content (AvgIpc) is 2.71. The Balaban J connectivity index is 1.53. The summed E-state index contributed by atoms with van der Waals surface area (Å²) in [4.78, 5) is 12.9. The first-order chi connectivity index (χ1) is 14.2. The first-order valence-electron chi connectivity index (χ1n) is 9.36. The predicted octanol–water partition coefficient (Wildman–Crippen LogP) is 2.52. The van der Waals surface area contributed by atoms with Crippen molar-refractivity contribution in [2.75, 3.05) is 30.3 Å². The third-order valence-electron chi connectivity index (χ3n) is 4.91. The van der Waals surface area contributed by atoms with Gasteiger partial charge in [-0.3, -0.25) is 9.10 Å². The van der Waals surface area contributed by atoms with Gasteiger partial charge in [-0.25, -0.2) is 8.42 Å². The summed E-state index contributed by atoms with van der Waals surface area (Å²) < 4.78 is 42.6. The maximum atomic E-state index is 12.9. The van der Waals surface area contributed by atoms with Crippen molar-refractivity contribution < 1.29 is 27.4 Å². The summed E-state index contributed by atoms with van der Waals surface area (Å²) >= 11 is 6.00. The number of sulfonamides is 1. The molecule has 2 aliphatic rings. The molecule has 0 aromatic heterocycles. The topological polar surface area (TPSA) is 94.2 Å². The summed E-state index contributed by atoms with van der Waals surface area (Å²) in [5.41, 5.74) is 1.14. The number of benzene rings is 2. The van der Waals surface area contributed by atoms with Crippen molar-refractivity contribution >= 4 is 33.2 Å². The highest BCUT2D eigenvalue weighted by atomic mass is 35.5. The Hall–Kier alpha value is -2.65. The van der Waals surface area contributed by atoms with Crippen LogP contribution >= 0.6 is 11.6 Å². The zero-order valence-corrected chi connectivity index (χ0v) is 18.0. The van der Waals surface area contributed by atoms with Crippen LogP contribution in [0.15, 0.2) is 36.4 Å². The predicted molar refractivity (Wildman–Crippen MR) is 112 cm³/mol. The van der Waals surface area contributed by atoms with Gasteiger partial charge in [-0.2, -0.15) is 0 Å². The number of rotatable bonds is 4. The largest absolute Gasteiger partial charge is 0.486 e. The fourth-order valence-corrected chi connectivity index (χ4v) is 4.47. The number of ether oxygens (including phenoxy) is 3. The van der Waals surface area contributed by atoms with Gasteiger partial charge < -0.3 is 19.5 Å². The molecule has 1 amide bonds. The smallest absolute Gasteiger partial charge is 0.263 e. The zero-order chi connectivity index (χ0) is 21.5. The van der Waals surface area contributed by atoms with Crippen molar-refractivity contribution in [1.82, 2.24) is 5.32 Å². The molecule has 0 unspecified atom stereocenters. The Kier molecular flexibility index (Phi) is 5.42. The number of halogens is 1. The number of anilines is 1. The number of nitrogens with one attached hydrogen (secondary N) is 1. The number of hydrogen-bond donors (Lipinski definition) is 1. The van der Waals surface area contributed by atoms with Gasteiger partial charge in [-0.1, -0.05) is 17.7 Å². The van der Waals surface area contributed by atoms with Crippen LogP contribution in [0, 0.1) is 0 Å². The summed E-state index contributed by atoms with van der Waals surface area (Å²) in [5.74, 6) is 1.15. The highest BCUT2D eigenvalue weighted by Crippen LogP contribution is 2.37. The summed E-state index contributed by atoms with van der Waals surface area (Å²) in [5, 5.41) is 3.26. The molecule has 0 aliphatic carbocycles. The molecule has 2 aliphatic heterocycles. The van der Waals surface area contributed by atoms with Gasteiger partial charge in [0.05, 0.1) is 24.5 Å². The maximum absolute atomic E-state index is 12.9. The molecule has 0 saturated carbocycles. The van der Waals surface area contributed by atoms with Crippen LogP contribution in [-0.2, 0) is 14.8 Å². The van der Waals surface area contributed by atoms with E-state index >= 15 is 0 Å². The van der Waals surface area contributed by atoms with Crippen molar-refractivity contribution in [3.8, 4) is 17.2 Å². The highest BCUT2D eigenvalue weighted by Gasteiger charge is 2.35. The molecular weight excluding hydrogens is 432 g/mol. The Morgan fingerprint density at radius 1 is 1.13 bits per heavy atom. The van der Waals surface area contributed by atoms with E-state index in [2.05, 4.69) is 5.32 Å². The lowest BCUT2D eigenvalue weighted by atomic mass is 10.1. The lowest BCUT2D eigenvalue weighted by Gasteiger charge is -2.34. The molecule has 8 nitrogen and oxygen atoms in total. The molecule has 30 heavy (non-hydrogen) atoms. The highest BCUT2D eigenvalue weighted by molar-refractivity contribution is 7.92.